The highest BCUT2D eigenvalue weighted by Crippen LogP contribution is 2.28. The number of aryl methyl sites for hydroxylation is 1. The molecule has 136 valence electrons. The number of nitrogens with zero attached hydrogens (tertiary/aromatic N) is 3. The first-order valence-corrected chi connectivity index (χ1v) is 9.30. The van der Waals surface area contributed by atoms with Crippen LogP contribution in [0.4, 0.5) is 17.2 Å². The molecule has 6 nitrogen and oxygen atoms in total. The Morgan fingerprint density at radius 3 is 2.73 bits per heavy atom. The number of rotatable bonds is 4. The lowest BCUT2D eigenvalue weighted by Gasteiger charge is -2.27. The molecule has 26 heavy (non-hydrogen) atoms. The zero-order valence-electron chi connectivity index (χ0n) is 15.4. The number of aromatic nitrogens is 3. The Kier molecular flexibility index (Phi) is 4.51. The van der Waals surface area contributed by atoms with Gasteiger partial charge in [-0.3, -0.25) is 0 Å². The van der Waals surface area contributed by atoms with Gasteiger partial charge in [0.2, 0.25) is 0 Å². The summed E-state index contributed by atoms with van der Waals surface area (Å²) < 4.78 is 1.82. The average Bonchev–Trinajstić information content (AvgIpc) is 3.10. The Hall–Kier alpha value is -2.60. The van der Waals surface area contributed by atoms with Gasteiger partial charge < -0.3 is 16.4 Å². The van der Waals surface area contributed by atoms with Gasteiger partial charge in [0.15, 0.2) is 5.65 Å². The highest BCUT2D eigenvalue weighted by atomic mass is 15.3. The summed E-state index contributed by atoms with van der Waals surface area (Å²) in [7, 11) is 0. The first kappa shape index (κ1) is 16.8. The van der Waals surface area contributed by atoms with Crippen molar-refractivity contribution in [3.8, 4) is 0 Å². The van der Waals surface area contributed by atoms with E-state index >= 15 is 0 Å². The van der Waals surface area contributed by atoms with Crippen molar-refractivity contribution in [1.29, 1.82) is 0 Å². The molecule has 1 saturated carbocycles. The smallest absolute Gasteiger partial charge is 0.177 e. The molecule has 0 radical (unpaired) electrons. The van der Waals surface area contributed by atoms with Gasteiger partial charge in [0.05, 0.1) is 5.69 Å². The van der Waals surface area contributed by atoms with E-state index in [4.69, 9.17) is 5.73 Å². The molecule has 1 aliphatic carbocycles. The van der Waals surface area contributed by atoms with E-state index in [1.165, 1.54) is 11.1 Å². The molecule has 6 heteroatoms. The standard InChI is InChI=1S/C20H26N6/c1-13-4-3-5-17(14(13)2)24-18-12-19(25-26-11-10-22-20(18)26)23-16-8-6-15(21)7-9-16/h3-5,10-12,15-16,24H,6-9,21H2,1-2H3,(H,23,25). The third-order valence-electron chi connectivity index (χ3n) is 5.36. The second kappa shape index (κ2) is 6.96. The largest absolute Gasteiger partial charge is 0.366 e. The quantitative estimate of drug-likeness (QED) is 0.667. The lowest BCUT2D eigenvalue weighted by Crippen LogP contribution is -2.33. The predicted molar refractivity (Wildman–Crippen MR) is 106 cm³/mol. The number of imidazole rings is 1. The second-order valence-electron chi connectivity index (χ2n) is 7.27. The molecule has 1 aromatic carbocycles. The summed E-state index contributed by atoms with van der Waals surface area (Å²) in [5.41, 5.74) is 11.4. The number of nitrogens with two attached hydrogens (primary N) is 1. The summed E-state index contributed by atoms with van der Waals surface area (Å²) in [6.07, 6.45) is 7.97. The molecule has 0 spiro atoms. The van der Waals surface area contributed by atoms with Gasteiger partial charge in [-0.2, -0.15) is 0 Å². The van der Waals surface area contributed by atoms with E-state index in [-0.39, 0.29) is 0 Å². The van der Waals surface area contributed by atoms with Gasteiger partial charge in [0, 0.05) is 36.2 Å². The van der Waals surface area contributed by atoms with Crippen LogP contribution < -0.4 is 16.4 Å². The summed E-state index contributed by atoms with van der Waals surface area (Å²) in [6, 6.07) is 9.12. The molecular weight excluding hydrogens is 324 g/mol. The van der Waals surface area contributed by atoms with E-state index in [0.717, 1.165) is 48.5 Å². The topological polar surface area (TPSA) is 80.3 Å². The normalized spacial score (nSPS) is 20.3. The highest BCUT2D eigenvalue weighted by molar-refractivity contribution is 5.77. The Labute approximate surface area is 153 Å². The number of nitrogens with one attached hydrogen (secondary N) is 2. The lowest BCUT2D eigenvalue weighted by atomic mass is 9.92. The van der Waals surface area contributed by atoms with Crippen LogP contribution in [0.1, 0.15) is 36.8 Å². The summed E-state index contributed by atoms with van der Waals surface area (Å²) in [6.45, 7) is 4.25. The summed E-state index contributed by atoms with van der Waals surface area (Å²) in [4.78, 5) is 4.46. The van der Waals surface area contributed by atoms with Crippen molar-refractivity contribution in [2.45, 2.75) is 51.6 Å². The second-order valence-corrected chi connectivity index (χ2v) is 7.27. The minimum atomic E-state index is 0.346. The van der Waals surface area contributed by atoms with Crippen LogP contribution in [-0.2, 0) is 0 Å². The van der Waals surface area contributed by atoms with Crippen molar-refractivity contribution in [1.82, 2.24) is 14.6 Å². The molecule has 1 fully saturated rings. The number of fused-ring (bicyclic) bond motifs is 1. The Morgan fingerprint density at radius 2 is 1.92 bits per heavy atom. The molecule has 0 unspecified atom stereocenters. The monoisotopic (exact) mass is 350 g/mol. The van der Waals surface area contributed by atoms with E-state index in [1.807, 2.05) is 10.7 Å². The van der Waals surface area contributed by atoms with Gasteiger partial charge in [-0.1, -0.05) is 12.1 Å². The van der Waals surface area contributed by atoms with Gasteiger partial charge >= 0.3 is 0 Å². The predicted octanol–water partition coefficient (Wildman–Crippen LogP) is 3.77. The molecule has 4 N–H and O–H groups in total. The Balaban J connectivity index is 1.63. The van der Waals surface area contributed by atoms with Crippen LogP contribution in [0.2, 0.25) is 0 Å². The van der Waals surface area contributed by atoms with Crippen LogP contribution in [0.15, 0.2) is 36.7 Å². The molecule has 4 rings (SSSR count). The molecule has 0 amide bonds. The first-order chi connectivity index (χ1) is 12.6. The molecule has 1 aliphatic rings. The number of hydrogen-bond acceptors (Lipinski definition) is 5. The van der Waals surface area contributed by atoms with Crippen molar-refractivity contribution >= 4 is 22.8 Å². The molecule has 0 atom stereocenters. The maximum Gasteiger partial charge on any atom is 0.177 e. The van der Waals surface area contributed by atoms with Gasteiger partial charge in [-0.15, -0.1) is 5.10 Å². The molecule has 0 aliphatic heterocycles. The van der Waals surface area contributed by atoms with E-state index in [0.29, 0.717) is 12.1 Å². The summed E-state index contributed by atoms with van der Waals surface area (Å²) in [5.74, 6) is 0.865. The van der Waals surface area contributed by atoms with Gasteiger partial charge in [-0.05, 0) is 56.7 Å². The minimum absolute atomic E-state index is 0.346. The van der Waals surface area contributed by atoms with Crippen LogP contribution >= 0.6 is 0 Å². The maximum absolute atomic E-state index is 6.02. The molecule has 0 bridgehead atoms. The highest BCUT2D eigenvalue weighted by Gasteiger charge is 2.19. The number of hydrogen-bond donors (Lipinski definition) is 3. The molecular formula is C20H26N6. The van der Waals surface area contributed by atoms with Gasteiger partial charge in [0.25, 0.3) is 0 Å². The number of anilines is 3. The zero-order valence-corrected chi connectivity index (χ0v) is 15.4. The van der Waals surface area contributed by atoms with Crippen molar-refractivity contribution in [2.75, 3.05) is 10.6 Å². The summed E-state index contributed by atoms with van der Waals surface area (Å²) >= 11 is 0. The third kappa shape index (κ3) is 3.37. The van der Waals surface area contributed by atoms with E-state index in [1.54, 1.807) is 6.20 Å². The molecule has 2 aromatic heterocycles. The van der Waals surface area contributed by atoms with Gasteiger partial charge in [-0.25, -0.2) is 9.50 Å². The van der Waals surface area contributed by atoms with Crippen LogP contribution in [-0.4, -0.2) is 26.7 Å². The van der Waals surface area contributed by atoms with E-state index in [9.17, 15) is 0 Å². The number of benzene rings is 1. The third-order valence-corrected chi connectivity index (χ3v) is 5.36. The first-order valence-electron chi connectivity index (χ1n) is 9.30. The van der Waals surface area contributed by atoms with Crippen molar-refractivity contribution in [2.24, 2.45) is 5.73 Å². The fraction of sp³-hybridized carbons (Fsp3) is 0.400. The Bertz CT molecular complexity index is 908. The minimum Gasteiger partial charge on any atom is -0.366 e. The molecule has 0 saturated heterocycles. The van der Waals surface area contributed by atoms with Crippen LogP contribution in [0.3, 0.4) is 0 Å². The van der Waals surface area contributed by atoms with Crippen LogP contribution in [0.25, 0.3) is 5.65 Å². The molecule has 2 heterocycles. The van der Waals surface area contributed by atoms with Crippen molar-refractivity contribution in [3.05, 3.63) is 47.8 Å². The Morgan fingerprint density at radius 1 is 1.12 bits per heavy atom. The van der Waals surface area contributed by atoms with Crippen LogP contribution in [0, 0.1) is 13.8 Å². The van der Waals surface area contributed by atoms with Crippen molar-refractivity contribution < 1.29 is 0 Å². The molecule has 3 aromatic rings. The fourth-order valence-electron chi connectivity index (χ4n) is 3.58. The SMILES string of the molecule is Cc1cccc(Nc2cc(NC3CCC(N)CC3)nn3ccnc23)c1C. The maximum atomic E-state index is 6.02. The fourth-order valence-corrected chi connectivity index (χ4v) is 3.58. The van der Waals surface area contributed by atoms with Crippen molar-refractivity contribution in [3.63, 3.8) is 0 Å². The average molecular weight is 350 g/mol. The van der Waals surface area contributed by atoms with E-state index in [2.05, 4.69) is 58.8 Å². The zero-order chi connectivity index (χ0) is 18.1. The van der Waals surface area contributed by atoms with E-state index < -0.39 is 0 Å². The van der Waals surface area contributed by atoms with Crippen LogP contribution in [0.5, 0.6) is 0 Å². The lowest BCUT2D eigenvalue weighted by molar-refractivity contribution is 0.410. The van der Waals surface area contributed by atoms with Gasteiger partial charge in [0.1, 0.15) is 5.82 Å². The summed E-state index contributed by atoms with van der Waals surface area (Å²) in [5, 5.41) is 11.8.